The minimum Gasteiger partial charge on any atom is -0.313 e. The maximum Gasteiger partial charge on any atom is 0.150 e. The Morgan fingerprint density at radius 2 is 2.39 bits per heavy atom. The van der Waals surface area contributed by atoms with E-state index in [0.717, 1.165) is 25.8 Å². The Morgan fingerprint density at radius 1 is 1.56 bits per heavy atom. The third-order valence-corrected chi connectivity index (χ3v) is 6.19. The third kappa shape index (κ3) is 3.80. The first kappa shape index (κ1) is 14.0. The van der Waals surface area contributed by atoms with Crippen LogP contribution < -0.4 is 5.32 Å². The van der Waals surface area contributed by atoms with E-state index >= 15 is 0 Å². The molecule has 0 radical (unpaired) electrons. The van der Waals surface area contributed by atoms with Crippen LogP contribution in [0.5, 0.6) is 0 Å². The van der Waals surface area contributed by atoms with Crippen molar-refractivity contribution in [1.82, 2.24) is 5.32 Å². The van der Waals surface area contributed by atoms with E-state index in [1.54, 1.807) is 11.3 Å². The Labute approximate surface area is 114 Å². The van der Waals surface area contributed by atoms with Crippen LogP contribution in [0.1, 0.15) is 24.6 Å². The van der Waals surface area contributed by atoms with Crippen LogP contribution >= 0.6 is 11.3 Å². The molecule has 1 N–H and O–H groups in total. The SMILES string of the molecule is CCCNC(Cc1cccs1)C1CCS(=O)(=O)C1. The lowest BCUT2D eigenvalue weighted by Gasteiger charge is -2.23. The quantitative estimate of drug-likeness (QED) is 0.871. The summed E-state index contributed by atoms with van der Waals surface area (Å²) in [7, 11) is -2.78. The summed E-state index contributed by atoms with van der Waals surface area (Å²) in [6.45, 7) is 3.10. The molecule has 2 atom stereocenters. The molecule has 2 rings (SSSR count). The molecule has 1 aliphatic rings. The molecule has 1 fully saturated rings. The first-order valence-corrected chi connectivity index (χ1v) is 9.27. The molecule has 1 aliphatic heterocycles. The number of rotatable bonds is 6. The van der Waals surface area contributed by atoms with Gasteiger partial charge in [0, 0.05) is 10.9 Å². The minimum absolute atomic E-state index is 0.281. The van der Waals surface area contributed by atoms with E-state index in [1.807, 2.05) is 0 Å². The summed E-state index contributed by atoms with van der Waals surface area (Å²) in [6.07, 6.45) is 2.85. The van der Waals surface area contributed by atoms with Gasteiger partial charge >= 0.3 is 0 Å². The van der Waals surface area contributed by atoms with Crippen molar-refractivity contribution in [2.45, 2.75) is 32.2 Å². The molecule has 18 heavy (non-hydrogen) atoms. The molecule has 5 heteroatoms. The predicted molar refractivity (Wildman–Crippen MR) is 76.9 cm³/mol. The Bertz CT molecular complexity index is 453. The standard InChI is InChI=1S/C13H21NO2S2/c1-2-6-14-13(9-12-4-3-7-17-12)11-5-8-18(15,16)10-11/h3-4,7,11,13-14H,2,5-6,8-10H2,1H3. The van der Waals surface area contributed by atoms with Gasteiger partial charge in [-0.1, -0.05) is 13.0 Å². The Hall–Kier alpha value is -0.390. The molecule has 0 aliphatic carbocycles. The van der Waals surface area contributed by atoms with Crippen molar-refractivity contribution in [3.63, 3.8) is 0 Å². The van der Waals surface area contributed by atoms with Crippen LogP contribution in [0, 0.1) is 5.92 Å². The van der Waals surface area contributed by atoms with Crippen LogP contribution in [0.4, 0.5) is 0 Å². The summed E-state index contributed by atoms with van der Waals surface area (Å²) in [4.78, 5) is 1.34. The van der Waals surface area contributed by atoms with Crippen molar-refractivity contribution in [3.8, 4) is 0 Å². The number of thiophene rings is 1. The first-order chi connectivity index (χ1) is 8.61. The number of sulfone groups is 1. The highest BCUT2D eigenvalue weighted by Crippen LogP contribution is 2.25. The van der Waals surface area contributed by atoms with Gasteiger partial charge in [-0.15, -0.1) is 11.3 Å². The van der Waals surface area contributed by atoms with Crippen LogP contribution in [0.2, 0.25) is 0 Å². The third-order valence-electron chi connectivity index (χ3n) is 3.49. The van der Waals surface area contributed by atoms with E-state index in [1.165, 1.54) is 4.88 Å². The highest BCUT2D eigenvalue weighted by atomic mass is 32.2. The second-order valence-corrected chi connectivity index (χ2v) is 8.27. The van der Waals surface area contributed by atoms with Gasteiger partial charge in [-0.25, -0.2) is 8.42 Å². The van der Waals surface area contributed by atoms with Gasteiger partial charge < -0.3 is 5.32 Å². The van der Waals surface area contributed by atoms with Crippen LogP contribution in [-0.4, -0.2) is 32.5 Å². The van der Waals surface area contributed by atoms with Gasteiger partial charge in [-0.3, -0.25) is 0 Å². The summed E-state index contributed by atoms with van der Waals surface area (Å²) in [5.74, 6) is 1.01. The second kappa shape index (κ2) is 6.17. The Morgan fingerprint density at radius 3 is 2.94 bits per heavy atom. The molecular formula is C13H21NO2S2. The van der Waals surface area contributed by atoms with E-state index in [4.69, 9.17) is 0 Å². The molecule has 102 valence electrons. The summed E-state index contributed by atoms with van der Waals surface area (Å²) in [5.41, 5.74) is 0. The molecule has 2 unspecified atom stereocenters. The van der Waals surface area contributed by atoms with Gasteiger partial charge in [0.2, 0.25) is 0 Å². The molecule has 0 spiro atoms. The van der Waals surface area contributed by atoms with E-state index in [-0.39, 0.29) is 5.92 Å². The van der Waals surface area contributed by atoms with Gasteiger partial charge in [-0.2, -0.15) is 0 Å². The Kier molecular flexibility index (Phi) is 4.81. The maximum atomic E-state index is 11.6. The molecule has 3 nitrogen and oxygen atoms in total. The second-order valence-electron chi connectivity index (χ2n) is 5.01. The molecule has 0 saturated carbocycles. The molecule has 1 aromatic heterocycles. The molecule has 0 bridgehead atoms. The smallest absolute Gasteiger partial charge is 0.150 e. The first-order valence-electron chi connectivity index (χ1n) is 6.57. The topological polar surface area (TPSA) is 46.2 Å². The van der Waals surface area contributed by atoms with Gasteiger partial charge in [-0.05, 0) is 43.2 Å². The van der Waals surface area contributed by atoms with Crippen molar-refractivity contribution >= 4 is 21.2 Å². The zero-order chi connectivity index (χ0) is 13.0. The zero-order valence-corrected chi connectivity index (χ0v) is 12.4. The van der Waals surface area contributed by atoms with Gasteiger partial charge in [0.05, 0.1) is 11.5 Å². The summed E-state index contributed by atoms with van der Waals surface area (Å²) < 4.78 is 23.2. The normalized spacial score (nSPS) is 24.2. The van der Waals surface area contributed by atoms with Crippen LogP contribution in [0.3, 0.4) is 0 Å². The van der Waals surface area contributed by atoms with Crippen molar-refractivity contribution < 1.29 is 8.42 Å². The molecule has 1 aromatic rings. The molecule has 0 amide bonds. The largest absolute Gasteiger partial charge is 0.313 e. The van der Waals surface area contributed by atoms with Gasteiger partial charge in [0.1, 0.15) is 0 Å². The average molecular weight is 287 g/mol. The number of nitrogens with one attached hydrogen (secondary N) is 1. The highest BCUT2D eigenvalue weighted by molar-refractivity contribution is 7.91. The predicted octanol–water partition coefficient (Wildman–Crippen LogP) is 2.09. The Balaban J connectivity index is 2.01. The summed E-state index contributed by atoms with van der Waals surface area (Å²) in [6, 6.07) is 4.50. The summed E-state index contributed by atoms with van der Waals surface area (Å²) >= 11 is 1.75. The number of hydrogen-bond acceptors (Lipinski definition) is 4. The minimum atomic E-state index is -2.78. The highest BCUT2D eigenvalue weighted by Gasteiger charge is 2.33. The van der Waals surface area contributed by atoms with Crippen molar-refractivity contribution in [2.75, 3.05) is 18.1 Å². The van der Waals surface area contributed by atoms with E-state index in [2.05, 4.69) is 29.8 Å². The monoisotopic (exact) mass is 287 g/mol. The lowest BCUT2D eigenvalue weighted by molar-refractivity contribution is 0.381. The lowest BCUT2D eigenvalue weighted by atomic mass is 9.95. The fourth-order valence-electron chi connectivity index (χ4n) is 2.52. The summed E-state index contributed by atoms with van der Waals surface area (Å²) in [5, 5.41) is 5.61. The molecule has 0 aromatic carbocycles. The van der Waals surface area contributed by atoms with Crippen LogP contribution in [0.25, 0.3) is 0 Å². The van der Waals surface area contributed by atoms with Gasteiger partial charge in [0.15, 0.2) is 9.84 Å². The lowest BCUT2D eigenvalue weighted by Crippen LogP contribution is -2.39. The average Bonchev–Trinajstić information content (AvgIpc) is 2.93. The fourth-order valence-corrected chi connectivity index (χ4v) is 5.17. The fraction of sp³-hybridized carbons (Fsp3) is 0.692. The van der Waals surface area contributed by atoms with Crippen molar-refractivity contribution in [1.29, 1.82) is 0 Å². The maximum absolute atomic E-state index is 11.6. The van der Waals surface area contributed by atoms with Crippen molar-refractivity contribution in [2.24, 2.45) is 5.92 Å². The number of hydrogen-bond donors (Lipinski definition) is 1. The van der Waals surface area contributed by atoms with Crippen molar-refractivity contribution in [3.05, 3.63) is 22.4 Å². The molecule has 1 saturated heterocycles. The van der Waals surface area contributed by atoms with E-state index in [0.29, 0.717) is 17.5 Å². The van der Waals surface area contributed by atoms with E-state index in [9.17, 15) is 8.42 Å². The molecular weight excluding hydrogens is 266 g/mol. The molecule has 2 heterocycles. The van der Waals surface area contributed by atoms with Gasteiger partial charge in [0.25, 0.3) is 0 Å². The van der Waals surface area contributed by atoms with Crippen LogP contribution in [0.15, 0.2) is 17.5 Å². The van der Waals surface area contributed by atoms with Crippen LogP contribution in [-0.2, 0) is 16.3 Å². The van der Waals surface area contributed by atoms with E-state index < -0.39 is 9.84 Å². The zero-order valence-electron chi connectivity index (χ0n) is 10.8.